The first-order valence-corrected chi connectivity index (χ1v) is 7.42. The van der Waals surface area contributed by atoms with Gasteiger partial charge in [0, 0.05) is 18.2 Å². The summed E-state index contributed by atoms with van der Waals surface area (Å²) in [5, 5.41) is 7.70. The molecule has 3 rings (SSSR count). The van der Waals surface area contributed by atoms with Crippen molar-refractivity contribution in [3.63, 3.8) is 0 Å². The van der Waals surface area contributed by atoms with E-state index in [4.69, 9.17) is 11.1 Å². The molecule has 0 aromatic heterocycles. The van der Waals surface area contributed by atoms with Crippen molar-refractivity contribution in [2.75, 3.05) is 6.54 Å². The Kier molecular flexibility index (Phi) is 3.56. The van der Waals surface area contributed by atoms with Crippen LogP contribution in [-0.4, -0.2) is 23.3 Å². The van der Waals surface area contributed by atoms with E-state index in [-0.39, 0.29) is 5.84 Å². The Morgan fingerprint density at radius 3 is 2.84 bits per heavy atom. The number of nitrogens with zero attached hydrogens (tertiary/aromatic N) is 1. The van der Waals surface area contributed by atoms with Crippen LogP contribution in [0.2, 0.25) is 0 Å². The number of nitrogens with two attached hydrogens (primary N) is 1. The molecule has 0 amide bonds. The Hall–Kier alpha value is -1.35. The van der Waals surface area contributed by atoms with Gasteiger partial charge in [0.25, 0.3) is 0 Å². The molecule has 1 aliphatic carbocycles. The lowest BCUT2D eigenvalue weighted by Crippen LogP contribution is -2.42. The number of hydrogen-bond acceptors (Lipinski definition) is 2. The van der Waals surface area contributed by atoms with E-state index >= 15 is 0 Å². The highest BCUT2D eigenvalue weighted by Gasteiger charge is 2.34. The van der Waals surface area contributed by atoms with Crippen LogP contribution in [0, 0.1) is 11.3 Å². The van der Waals surface area contributed by atoms with Gasteiger partial charge in [0.05, 0.1) is 0 Å². The van der Waals surface area contributed by atoms with Crippen LogP contribution in [-0.2, 0) is 6.54 Å². The van der Waals surface area contributed by atoms with Crippen molar-refractivity contribution in [2.45, 2.75) is 44.7 Å². The summed E-state index contributed by atoms with van der Waals surface area (Å²) in [7, 11) is 0. The summed E-state index contributed by atoms with van der Waals surface area (Å²) in [5.74, 6) is 1.11. The lowest BCUT2D eigenvalue weighted by molar-refractivity contribution is 0.106. The quantitative estimate of drug-likeness (QED) is 0.646. The molecule has 2 aliphatic rings. The van der Waals surface area contributed by atoms with Gasteiger partial charge < -0.3 is 5.73 Å². The van der Waals surface area contributed by atoms with Gasteiger partial charge in [-0.2, -0.15) is 0 Å². The second-order valence-corrected chi connectivity index (χ2v) is 5.94. The van der Waals surface area contributed by atoms with E-state index in [0.717, 1.165) is 24.1 Å². The third-order valence-electron chi connectivity index (χ3n) is 4.79. The number of rotatable bonds is 3. The number of nitrogen functional groups attached to an aromatic ring is 1. The summed E-state index contributed by atoms with van der Waals surface area (Å²) in [6.07, 6.45) is 6.89. The molecule has 3 N–H and O–H groups in total. The lowest BCUT2D eigenvalue weighted by Gasteiger charge is -2.38. The van der Waals surface area contributed by atoms with Crippen LogP contribution >= 0.6 is 0 Å². The molecule has 1 saturated heterocycles. The summed E-state index contributed by atoms with van der Waals surface area (Å²) in [4.78, 5) is 2.63. The van der Waals surface area contributed by atoms with Crippen LogP contribution in [0.1, 0.15) is 43.2 Å². The van der Waals surface area contributed by atoms with Crippen LogP contribution < -0.4 is 5.73 Å². The van der Waals surface area contributed by atoms with Crippen molar-refractivity contribution in [1.82, 2.24) is 4.90 Å². The predicted octanol–water partition coefficient (Wildman–Crippen LogP) is 2.74. The second-order valence-electron chi connectivity index (χ2n) is 5.94. The molecular weight excluding hydrogens is 234 g/mol. The number of fused-ring (bicyclic) bond motifs is 1. The van der Waals surface area contributed by atoms with Crippen molar-refractivity contribution in [3.8, 4) is 0 Å². The molecule has 3 nitrogen and oxygen atoms in total. The Balaban J connectivity index is 1.79. The van der Waals surface area contributed by atoms with Crippen LogP contribution in [0.5, 0.6) is 0 Å². The highest BCUT2D eigenvalue weighted by atomic mass is 15.2. The second kappa shape index (κ2) is 5.33. The van der Waals surface area contributed by atoms with E-state index in [1.807, 2.05) is 12.1 Å². The third kappa shape index (κ3) is 2.52. The smallest absolute Gasteiger partial charge is 0.123 e. The summed E-state index contributed by atoms with van der Waals surface area (Å²) in [6.45, 7) is 2.16. The van der Waals surface area contributed by atoms with Gasteiger partial charge in [-0.15, -0.1) is 0 Å². The van der Waals surface area contributed by atoms with Crippen LogP contribution in [0.15, 0.2) is 24.3 Å². The topological polar surface area (TPSA) is 53.1 Å². The monoisotopic (exact) mass is 257 g/mol. The standard InChI is InChI=1S/C16H23N3/c17-16(18)14-8-2-1-5-13(14)11-19-10-4-7-12-6-3-9-15(12)19/h1-2,5,8,12,15H,3-4,6-7,9-11H2,(H3,17,18). The van der Waals surface area contributed by atoms with Crippen molar-refractivity contribution in [3.05, 3.63) is 35.4 Å². The largest absolute Gasteiger partial charge is 0.384 e. The average molecular weight is 257 g/mol. The molecular formula is C16H23N3. The summed E-state index contributed by atoms with van der Waals surface area (Å²) < 4.78 is 0. The number of nitrogens with one attached hydrogen (secondary N) is 1. The molecule has 0 bridgehead atoms. The predicted molar refractivity (Wildman–Crippen MR) is 78.2 cm³/mol. The van der Waals surface area contributed by atoms with Crippen LogP contribution in [0.3, 0.4) is 0 Å². The van der Waals surface area contributed by atoms with Gasteiger partial charge in [-0.1, -0.05) is 30.7 Å². The molecule has 0 radical (unpaired) electrons. The third-order valence-corrected chi connectivity index (χ3v) is 4.79. The molecule has 1 heterocycles. The first-order chi connectivity index (χ1) is 9.25. The molecule has 0 spiro atoms. The molecule has 1 aromatic rings. The molecule has 2 fully saturated rings. The molecule has 2 atom stereocenters. The van der Waals surface area contributed by atoms with Crippen molar-refractivity contribution >= 4 is 5.84 Å². The normalized spacial score (nSPS) is 27.2. The summed E-state index contributed by atoms with van der Waals surface area (Å²) in [6, 6.07) is 8.88. The van der Waals surface area contributed by atoms with E-state index in [1.165, 1.54) is 44.2 Å². The first-order valence-electron chi connectivity index (χ1n) is 7.42. The Bertz CT molecular complexity index is 469. The van der Waals surface area contributed by atoms with E-state index in [0.29, 0.717) is 0 Å². The highest BCUT2D eigenvalue weighted by molar-refractivity contribution is 5.96. The first kappa shape index (κ1) is 12.7. The van der Waals surface area contributed by atoms with Gasteiger partial charge in [0.1, 0.15) is 5.84 Å². The van der Waals surface area contributed by atoms with E-state index in [1.54, 1.807) is 0 Å². The van der Waals surface area contributed by atoms with Crippen molar-refractivity contribution < 1.29 is 0 Å². The molecule has 102 valence electrons. The summed E-state index contributed by atoms with van der Waals surface area (Å²) in [5.41, 5.74) is 7.81. The molecule has 2 unspecified atom stereocenters. The summed E-state index contributed by atoms with van der Waals surface area (Å²) >= 11 is 0. The number of amidine groups is 1. The van der Waals surface area contributed by atoms with Gasteiger partial charge in [0.2, 0.25) is 0 Å². The number of benzene rings is 1. The molecule has 1 saturated carbocycles. The SMILES string of the molecule is N=C(N)c1ccccc1CN1CCCC2CCCC21. The zero-order valence-corrected chi connectivity index (χ0v) is 11.4. The maximum atomic E-state index is 7.70. The van der Waals surface area contributed by atoms with Crippen LogP contribution in [0.25, 0.3) is 0 Å². The fourth-order valence-electron chi connectivity index (χ4n) is 3.89. The Labute approximate surface area is 115 Å². The van der Waals surface area contributed by atoms with Crippen molar-refractivity contribution in [2.24, 2.45) is 11.7 Å². The Morgan fingerprint density at radius 1 is 1.21 bits per heavy atom. The molecule has 19 heavy (non-hydrogen) atoms. The minimum Gasteiger partial charge on any atom is -0.384 e. The maximum Gasteiger partial charge on any atom is 0.123 e. The minimum absolute atomic E-state index is 0.190. The van der Waals surface area contributed by atoms with Gasteiger partial charge in [-0.25, -0.2) is 0 Å². The fraction of sp³-hybridized carbons (Fsp3) is 0.562. The maximum absolute atomic E-state index is 7.70. The molecule has 3 heteroatoms. The number of piperidine rings is 1. The number of likely N-dealkylation sites (tertiary alicyclic amines) is 1. The minimum atomic E-state index is 0.190. The number of hydrogen-bond donors (Lipinski definition) is 2. The van der Waals surface area contributed by atoms with Crippen molar-refractivity contribution in [1.29, 1.82) is 5.41 Å². The Morgan fingerprint density at radius 2 is 2.00 bits per heavy atom. The van der Waals surface area contributed by atoms with Gasteiger partial charge in [0.15, 0.2) is 0 Å². The van der Waals surface area contributed by atoms with Crippen LogP contribution in [0.4, 0.5) is 0 Å². The van der Waals surface area contributed by atoms with Gasteiger partial charge >= 0.3 is 0 Å². The van der Waals surface area contributed by atoms with Gasteiger partial charge in [-0.05, 0) is 43.7 Å². The highest BCUT2D eigenvalue weighted by Crippen LogP contribution is 2.37. The fourth-order valence-corrected chi connectivity index (χ4v) is 3.89. The van der Waals surface area contributed by atoms with E-state index in [2.05, 4.69) is 17.0 Å². The average Bonchev–Trinajstić information content (AvgIpc) is 2.88. The molecule has 1 aromatic carbocycles. The zero-order valence-electron chi connectivity index (χ0n) is 11.4. The van der Waals surface area contributed by atoms with E-state index in [9.17, 15) is 0 Å². The zero-order chi connectivity index (χ0) is 13.2. The van der Waals surface area contributed by atoms with Gasteiger partial charge in [-0.3, -0.25) is 10.3 Å². The van der Waals surface area contributed by atoms with E-state index < -0.39 is 0 Å². The lowest BCUT2D eigenvalue weighted by atomic mass is 9.91. The molecule has 1 aliphatic heterocycles.